The third-order valence-corrected chi connectivity index (χ3v) is 14.4. The molecule has 12 rings (SSSR count). The number of benzene rings is 6. The first-order valence-electron chi connectivity index (χ1n) is 19.1. The van der Waals surface area contributed by atoms with Gasteiger partial charge >= 0.3 is 6.85 Å². The van der Waals surface area contributed by atoms with Crippen molar-refractivity contribution in [3.05, 3.63) is 125 Å². The van der Waals surface area contributed by atoms with Crippen molar-refractivity contribution in [3.8, 4) is 11.1 Å². The van der Waals surface area contributed by atoms with Crippen LogP contribution in [-0.2, 0) is 10.8 Å². The Hall–Kier alpha value is -5.26. The van der Waals surface area contributed by atoms with Crippen molar-refractivity contribution in [1.29, 1.82) is 0 Å². The summed E-state index contributed by atoms with van der Waals surface area (Å²) in [6.07, 6.45) is 2.39. The molecule has 5 heterocycles. The molecule has 0 bridgehead atoms. The Morgan fingerprint density at radius 1 is 0.660 bits per heavy atom. The van der Waals surface area contributed by atoms with Gasteiger partial charge in [0.1, 0.15) is 5.58 Å². The topological polar surface area (TPSA) is 21.3 Å². The highest BCUT2D eigenvalue weighted by atomic mass is 32.1. The van der Waals surface area contributed by atoms with E-state index < -0.39 is 0 Å². The number of rotatable bonds is 1. The first-order chi connectivity index (χ1) is 25.6. The molecule has 0 unspecified atom stereocenters. The Bertz CT molecular complexity index is 3120. The molecule has 0 spiro atoms. The summed E-state index contributed by atoms with van der Waals surface area (Å²) in [5.74, 6) is 0. The van der Waals surface area contributed by atoms with Crippen LogP contribution in [0.25, 0.3) is 64.3 Å². The van der Waals surface area contributed by atoms with Gasteiger partial charge in [-0.05, 0) is 113 Å². The lowest BCUT2D eigenvalue weighted by atomic mass is 9.45. The van der Waals surface area contributed by atoms with E-state index in [9.17, 15) is 0 Å². The summed E-state index contributed by atoms with van der Waals surface area (Å²) in [4.78, 5) is 2.68. The predicted octanol–water partition coefficient (Wildman–Crippen LogP) is 12.3. The molecule has 256 valence electrons. The molecule has 3 aliphatic rings. The molecular weight excluding hydrogens is 663 g/mol. The summed E-state index contributed by atoms with van der Waals surface area (Å²) in [6, 6.07) is 39.2. The van der Waals surface area contributed by atoms with Crippen molar-refractivity contribution in [3.63, 3.8) is 0 Å². The highest BCUT2D eigenvalue weighted by molar-refractivity contribution is 7.26. The molecule has 0 amide bonds. The molecular formula is C48H39BN2OS. The minimum Gasteiger partial charge on any atom is -0.454 e. The highest BCUT2D eigenvalue weighted by Gasteiger charge is 2.46. The van der Waals surface area contributed by atoms with Crippen molar-refractivity contribution < 1.29 is 4.42 Å². The second-order valence-electron chi connectivity index (χ2n) is 17.3. The zero-order valence-corrected chi connectivity index (χ0v) is 31.8. The van der Waals surface area contributed by atoms with Crippen LogP contribution in [-0.4, -0.2) is 11.3 Å². The van der Waals surface area contributed by atoms with Crippen LogP contribution >= 0.6 is 11.3 Å². The van der Waals surface area contributed by atoms with Crippen LogP contribution in [0.2, 0.25) is 0 Å². The number of anilines is 3. The van der Waals surface area contributed by atoms with E-state index in [4.69, 9.17) is 4.42 Å². The van der Waals surface area contributed by atoms with Gasteiger partial charge in [-0.1, -0.05) is 94.4 Å². The normalized spacial score (nSPS) is 16.6. The predicted molar refractivity (Wildman–Crippen MR) is 227 cm³/mol. The van der Waals surface area contributed by atoms with Crippen molar-refractivity contribution in [1.82, 2.24) is 4.48 Å². The summed E-state index contributed by atoms with van der Waals surface area (Å²) in [6.45, 7) is 14.4. The number of hydrogen-bond donors (Lipinski definition) is 0. The van der Waals surface area contributed by atoms with Gasteiger partial charge in [0.25, 0.3) is 0 Å². The maximum absolute atomic E-state index is 6.76. The molecule has 0 radical (unpaired) electrons. The Kier molecular flexibility index (Phi) is 5.61. The van der Waals surface area contributed by atoms with Gasteiger partial charge in [0.2, 0.25) is 0 Å². The fourth-order valence-corrected chi connectivity index (χ4v) is 11.7. The number of aromatic nitrogens is 1. The number of furan rings is 1. The van der Waals surface area contributed by atoms with E-state index in [1.54, 1.807) is 0 Å². The fraction of sp³-hybridized carbons (Fsp3) is 0.208. The average Bonchev–Trinajstić information content (AvgIpc) is 3.82. The van der Waals surface area contributed by atoms with Crippen LogP contribution in [0.4, 0.5) is 17.1 Å². The van der Waals surface area contributed by atoms with E-state index in [0.717, 1.165) is 11.2 Å². The molecule has 0 N–H and O–H groups in total. The van der Waals surface area contributed by atoms with Gasteiger partial charge in [-0.25, -0.2) is 0 Å². The average molecular weight is 703 g/mol. The number of hydrogen-bond acceptors (Lipinski definition) is 3. The fourth-order valence-electron chi connectivity index (χ4n) is 10.5. The summed E-state index contributed by atoms with van der Waals surface area (Å²) in [7, 11) is 0. The smallest absolute Gasteiger partial charge is 0.333 e. The minimum absolute atomic E-state index is 0.0225. The molecule has 1 aliphatic carbocycles. The van der Waals surface area contributed by atoms with E-state index in [1.165, 1.54) is 116 Å². The molecule has 2 aliphatic heterocycles. The lowest BCUT2D eigenvalue weighted by Crippen LogP contribution is -2.56. The largest absolute Gasteiger partial charge is 0.454 e. The SMILES string of the molecule is Cc1cc2c3c(c1)N(c1cc4c(cc1C)C(C)(C)CCC4(C)C)c1c(ccc4c1sc1ccccc14)B3n1c3c-2cccc3c2oc3ccccc3c21. The van der Waals surface area contributed by atoms with Gasteiger partial charge in [0.15, 0.2) is 5.58 Å². The molecule has 0 saturated heterocycles. The van der Waals surface area contributed by atoms with E-state index in [0.29, 0.717) is 0 Å². The Balaban J connectivity index is 1.27. The van der Waals surface area contributed by atoms with Gasteiger partial charge in [0.05, 0.1) is 15.9 Å². The number of fused-ring (bicyclic) bond motifs is 14. The molecule has 6 aromatic carbocycles. The van der Waals surface area contributed by atoms with E-state index in [-0.39, 0.29) is 17.7 Å². The van der Waals surface area contributed by atoms with Crippen LogP contribution in [0.3, 0.4) is 0 Å². The summed E-state index contributed by atoms with van der Waals surface area (Å²) >= 11 is 1.94. The van der Waals surface area contributed by atoms with Crippen LogP contribution < -0.4 is 15.8 Å². The van der Waals surface area contributed by atoms with Gasteiger partial charge in [-0.15, -0.1) is 11.3 Å². The van der Waals surface area contributed by atoms with E-state index in [2.05, 4.69) is 154 Å². The number of aryl methyl sites for hydroxylation is 2. The van der Waals surface area contributed by atoms with Gasteiger partial charge in [-0.2, -0.15) is 0 Å². The number of nitrogens with zero attached hydrogens (tertiary/aromatic N) is 2. The zero-order chi connectivity index (χ0) is 35.7. The Labute approximate surface area is 313 Å². The summed E-state index contributed by atoms with van der Waals surface area (Å²) < 4.78 is 12.1. The molecule has 3 nitrogen and oxygen atoms in total. The first-order valence-corrected chi connectivity index (χ1v) is 19.9. The first kappa shape index (κ1) is 30.2. The number of thiophene rings is 1. The highest BCUT2D eigenvalue weighted by Crippen LogP contribution is 2.53. The molecule has 9 aromatic rings. The second kappa shape index (κ2) is 9.83. The van der Waals surface area contributed by atoms with E-state index >= 15 is 0 Å². The van der Waals surface area contributed by atoms with Gasteiger partial charge in [0, 0.05) is 48.7 Å². The van der Waals surface area contributed by atoms with Crippen LogP contribution in [0.5, 0.6) is 0 Å². The van der Waals surface area contributed by atoms with Gasteiger partial charge in [-0.3, -0.25) is 0 Å². The van der Waals surface area contributed by atoms with Crippen molar-refractivity contribution in [2.24, 2.45) is 0 Å². The monoisotopic (exact) mass is 702 g/mol. The second-order valence-corrected chi connectivity index (χ2v) is 18.3. The lowest BCUT2D eigenvalue weighted by molar-refractivity contribution is 0.332. The van der Waals surface area contributed by atoms with Gasteiger partial charge < -0.3 is 13.8 Å². The summed E-state index contributed by atoms with van der Waals surface area (Å²) in [5.41, 5.74) is 19.5. The molecule has 0 atom stereocenters. The number of para-hydroxylation sites is 2. The molecule has 53 heavy (non-hydrogen) atoms. The zero-order valence-electron chi connectivity index (χ0n) is 31.0. The lowest BCUT2D eigenvalue weighted by Gasteiger charge is -2.45. The molecule has 0 saturated carbocycles. The standard InChI is InChI=1S/C48H39BN2OS/c1-26-22-33-29-14-11-15-32-42(29)51(43-31-13-7-9-16-39(31)52-45(32)43)49-36-19-18-30-28-12-8-10-17-40(28)53-46(30)44(36)50(38(23-26)41(33)49)37-25-35-34(24-27(37)2)47(3,4)20-21-48(35,5)6/h7-19,22-25H,20-21H2,1-6H3. The van der Waals surface area contributed by atoms with Crippen molar-refractivity contribution in [2.45, 2.75) is 65.2 Å². The molecule has 5 heteroatoms. The Morgan fingerprint density at radius 3 is 2.23 bits per heavy atom. The summed E-state index contributed by atoms with van der Waals surface area (Å²) in [5, 5.41) is 5.01. The van der Waals surface area contributed by atoms with Crippen LogP contribution in [0.15, 0.2) is 108 Å². The third kappa shape index (κ3) is 3.71. The maximum Gasteiger partial charge on any atom is 0.333 e. The molecule has 0 fully saturated rings. The quantitative estimate of drug-likeness (QED) is 0.159. The third-order valence-electron chi connectivity index (χ3n) is 13.2. The van der Waals surface area contributed by atoms with Crippen LogP contribution in [0, 0.1) is 13.8 Å². The van der Waals surface area contributed by atoms with Crippen molar-refractivity contribution >= 4 is 99.3 Å². The minimum atomic E-state index is -0.0225. The van der Waals surface area contributed by atoms with E-state index in [1.807, 2.05) is 11.3 Å². The maximum atomic E-state index is 6.76. The molecule has 3 aromatic heterocycles. The van der Waals surface area contributed by atoms with Crippen molar-refractivity contribution in [2.75, 3.05) is 4.90 Å². The van der Waals surface area contributed by atoms with Crippen LogP contribution in [0.1, 0.15) is 62.8 Å². The Morgan fingerprint density at radius 2 is 1.40 bits per heavy atom.